The highest BCUT2D eigenvalue weighted by Crippen LogP contribution is 2.32. The highest BCUT2D eigenvalue weighted by molar-refractivity contribution is 6.44. The second-order valence-corrected chi connectivity index (χ2v) is 5.89. The van der Waals surface area contributed by atoms with Crippen molar-refractivity contribution in [3.05, 3.63) is 51.5 Å². The fraction of sp³-hybridized carbons (Fsp3) is 0.188. The number of carbonyl (C=O) groups excluding carboxylic acids is 1. The zero-order valence-corrected chi connectivity index (χ0v) is 14.7. The van der Waals surface area contributed by atoms with Crippen molar-refractivity contribution >= 4 is 46.4 Å². The maximum absolute atomic E-state index is 12.2. The van der Waals surface area contributed by atoms with E-state index in [0.717, 1.165) is 0 Å². The van der Waals surface area contributed by atoms with Crippen molar-refractivity contribution in [3.63, 3.8) is 0 Å². The van der Waals surface area contributed by atoms with Gasteiger partial charge in [-0.1, -0.05) is 34.8 Å². The summed E-state index contributed by atoms with van der Waals surface area (Å²) in [5, 5.41) is 3.57. The molecule has 0 aliphatic heterocycles. The number of benzene rings is 2. The molecule has 4 nitrogen and oxygen atoms in total. The normalized spacial score (nSPS) is 11.7. The first-order valence-electron chi connectivity index (χ1n) is 6.67. The summed E-state index contributed by atoms with van der Waals surface area (Å²) in [4.78, 5) is 12.2. The molecule has 0 heterocycles. The molecule has 0 aliphatic rings. The van der Waals surface area contributed by atoms with Gasteiger partial charge in [0.05, 0.1) is 27.9 Å². The zero-order chi connectivity index (χ0) is 17.0. The summed E-state index contributed by atoms with van der Waals surface area (Å²) in [6, 6.07) is 9.88. The number of methoxy groups -OCH3 is 1. The summed E-state index contributed by atoms with van der Waals surface area (Å²) in [7, 11) is 1.58. The van der Waals surface area contributed by atoms with Crippen LogP contribution in [0.15, 0.2) is 36.4 Å². The lowest BCUT2D eigenvalue weighted by Crippen LogP contribution is -2.30. The van der Waals surface area contributed by atoms with Gasteiger partial charge in [-0.25, -0.2) is 0 Å². The molecular weight excluding hydrogens is 361 g/mol. The quantitative estimate of drug-likeness (QED) is 0.744. The minimum absolute atomic E-state index is 0.296. The standard InChI is InChI=1S/C16H14Cl3NO3/c1-9(23-11-5-3-10(22-2)4-6-11)16(21)20-15-8-13(18)12(17)7-14(15)19/h3-9H,1-2H3,(H,20,21)/t9-/m1/s1. The first-order chi connectivity index (χ1) is 10.9. The summed E-state index contributed by atoms with van der Waals surface area (Å²) >= 11 is 17.8. The van der Waals surface area contributed by atoms with Crippen LogP contribution in [0.4, 0.5) is 5.69 Å². The molecule has 23 heavy (non-hydrogen) atoms. The minimum Gasteiger partial charge on any atom is -0.497 e. The monoisotopic (exact) mass is 373 g/mol. The Morgan fingerprint density at radius 3 is 2.17 bits per heavy atom. The van der Waals surface area contributed by atoms with Crippen molar-refractivity contribution in [3.8, 4) is 11.5 Å². The number of halogens is 3. The largest absolute Gasteiger partial charge is 0.497 e. The van der Waals surface area contributed by atoms with Crippen molar-refractivity contribution in [2.45, 2.75) is 13.0 Å². The molecule has 2 aromatic carbocycles. The minimum atomic E-state index is -0.728. The van der Waals surface area contributed by atoms with Crippen LogP contribution in [0.25, 0.3) is 0 Å². The van der Waals surface area contributed by atoms with Gasteiger partial charge in [-0.05, 0) is 43.3 Å². The van der Waals surface area contributed by atoms with Gasteiger partial charge in [-0.15, -0.1) is 0 Å². The van der Waals surface area contributed by atoms with Crippen molar-refractivity contribution < 1.29 is 14.3 Å². The third-order valence-electron chi connectivity index (χ3n) is 3.01. The Hall–Kier alpha value is -1.62. The van der Waals surface area contributed by atoms with Crippen LogP contribution in [0.5, 0.6) is 11.5 Å². The summed E-state index contributed by atoms with van der Waals surface area (Å²) in [6.45, 7) is 1.63. The van der Waals surface area contributed by atoms with E-state index in [9.17, 15) is 4.79 Å². The van der Waals surface area contributed by atoms with Gasteiger partial charge in [0, 0.05) is 0 Å². The summed E-state index contributed by atoms with van der Waals surface area (Å²) in [5.74, 6) is 0.895. The molecule has 122 valence electrons. The van der Waals surface area contributed by atoms with Crippen LogP contribution >= 0.6 is 34.8 Å². The predicted octanol–water partition coefficient (Wildman–Crippen LogP) is 5.06. The number of hydrogen-bond acceptors (Lipinski definition) is 3. The molecule has 0 aliphatic carbocycles. The van der Waals surface area contributed by atoms with Crippen LogP contribution in [0.2, 0.25) is 15.1 Å². The van der Waals surface area contributed by atoms with Crippen LogP contribution < -0.4 is 14.8 Å². The first-order valence-corrected chi connectivity index (χ1v) is 7.80. The van der Waals surface area contributed by atoms with E-state index in [4.69, 9.17) is 44.3 Å². The van der Waals surface area contributed by atoms with Crippen LogP contribution in [-0.2, 0) is 4.79 Å². The maximum atomic E-state index is 12.2. The number of rotatable bonds is 5. The van der Waals surface area contributed by atoms with Crippen LogP contribution in [0.1, 0.15) is 6.92 Å². The van der Waals surface area contributed by atoms with Crippen molar-refractivity contribution in [2.75, 3.05) is 12.4 Å². The third kappa shape index (κ3) is 4.67. The third-order valence-corrected chi connectivity index (χ3v) is 4.04. The predicted molar refractivity (Wildman–Crippen MR) is 93.2 cm³/mol. The average molecular weight is 375 g/mol. The second-order valence-electron chi connectivity index (χ2n) is 4.67. The molecule has 2 aromatic rings. The molecule has 0 aromatic heterocycles. The molecule has 0 unspecified atom stereocenters. The van der Waals surface area contributed by atoms with Crippen molar-refractivity contribution in [1.29, 1.82) is 0 Å². The van der Waals surface area contributed by atoms with Crippen LogP contribution in [0, 0.1) is 0 Å². The van der Waals surface area contributed by atoms with Gasteiger partial charge in [0.15, 0.2) is 6.10 Å². The van der Waals surface area contributed by atoms with Crippen molar-refractivity contribution in [1.82, 2.24) is 0 Å². The number of carbonyl (C=O) groups is 1. The molecular formula is C16H14Cl3NO3. The molecule has 1 atom stereocenters. The van der Waals surface area contributed by atoms with Crippen LogP contribution in [0.3, 0.4) is 0 Å². The molecule has 0 saturated carbocycles. The number of ether oxygens (including phenoxy) is 2. The van der Waals surface area contributed by atoms with Gasteiger partial charge in [0.1, 0.15) is 11.5 Å². The van der Waals surface area contributed by atoms with Gasteiger partial charge in [0.25, 0.3) is 5.91 Å². The van der Waals surface area contributed by atoms with Crippen LogP contribution in [-0.4, -0.2) is 19.1 Å². The summed E-state index contributed by atoms with van der Waals surface area (Å²) in [5.41, 5.74) is 0.372. The second kappa shape index (κ2) is 7.77. The fourth-order valence-electron chi connectivity index (χ4n) is 1.76. The Balaban J connectivity index is 2.03. The Bertz CT molecular complexity index is 704. The molecule has 0 bridgehead atoms. The maximum Gasteiger partial charge on any atom is 0.265 e. The van der Waals surface area contributed by atoms with E-state index in [1.807, 2.05) is 0 Å². The van der Waals surface area contributed by atoms with E-state index in [1.54, 1.807) is 38.3 Å². The van der Waals surface area contributed by atoms with E-state index in [0.29, 0.717) is 32.3 Å². The van der Waals surface area contributed by atoms with Gasteiger partial charge in [0.2, 0.25) is 0 Å². The topological polar surface area (TPSA) is 47.6 Å². The van der Waals surface area contributed by atoms with E-state index in [2.05, 4.69) is 5.32 Å². The molecule has 1 N–H and O–H groups in total. The van der Waals surface area contributed by atoms with Gasteiger partial charge >= 0.3 is 0 Å². The lowest BCUT2D eigenvalue weighted by molar-refractivity contribution is -0.122. The lowest BCUT2D eigenvalue weighted by atomic mass is 10.3. The highest BCUT2D eigenvalue weighted by atomic mass is 35.5. The SMILES string of the molecule is COc1ccc(O[C@H](C)C(=O)Nc2cc(Cl)c(Cl)cc2Cl)cc1. The Kier molecular flexibility index (Phi) is 5.99. The smallest absolute Gasteiger partial charge is 0.265 e. The number of anilines is 1. The van der Waals surface area contributed by atoms with Gasteiger partial charge in [-0.3, -0.25) is 4.79 Å². The van der Waals surface area contributed by atoms with E-state index < -0.39 is 6.10 Å². The van der Waals surface area contributed by atoms with E-state index in [-0.39, 0.29) is 5.91 Å². The number of nitrogens with one attached hydrogen (secondary N) is 1. The number of amides is 1. The molecule has 0 fully saturated rings. The molecule has 0 saturated heterocycles. The Labute approximate surface area is 149 Å². The molecule has 0 radical (unpaired) electrons. The molecule has 1 amide bonds. The molecule has 0 spiro atoms. The Morgan fingerprint density at radius 1 is 1.00 bits per heavy atom. The van der Waals surface area contributed by atoms with Gasteiger partial charge < -0.3 is 14.8 Å². The highest BCUT2D eigenvalue weighted by Gasteiger charge is 2.17. The summed E-state index contributed by atoms with van der Waals surface area (Å²) < 4.78 is 10.6. The molecule has 2 rings (SSSR count). The van der Waals surface area contributed by atoms with Crippen molar-refractivity contribution in [2.24, 2.45) is 0 Å². The van der Waals surface area contributed by atoms with E-state index in [1.165, 1.54) is 12.1 Å². The summed E-state index contributed by atoms with van der Waals surface area (Å²) in [6.07, 6.45) is -0.728. The Morgan fingerprint density at radius 2 is 1.57 bits per heavy atom. The first kappa shape index (κ1) is 17.7. The zero-order valence-electron chi connectivity index (χ0n) is 12.4. The average Bonchev–Trinajstić information content (AvgIpc) is 2.53. The number of hydrogen-bond donors (Lipinski definition) is 1. The van der Waals surface area contributed by atoms with Gasteiger partial charge in [-0.2, -0.15) is 0 Å². The molecule has 7 heteroatoms. The van der Waals surface area contributed by atoms with E-state index >= 15 is 0 Å². The fourth-order valence-corrected chi connectivity index (χ4v) is 2.36. The lowest BCUT2D eigenvalue weighted by Gasteiger charge is -2.16.